The number of hydrogen-bond acceptors (Lipinski definition) is 5. The minimum atomic E-state index is -0.545. The van der Waals surface area contributed by atoms with E-state index < -0.39 is 4.92 Å². The monoisotopic (exact) mass is 239 g/mol. The summed E-state index contributed by atoms with van der Waals surface area (Å²) in [5, 5.41) is 17.7. The van der Waals surface area contributed by atoms with Gasteiger partial charge in [0.15, 0.2) is 5.75 Å². The Labute approximate surface area is 97.8 Å². The van der Waals surface area contributed by atoms with Crippen LogP contribution in [0, 0.1) is 15.5 Å². The average molecular weight is 239 g/mol. The molecule has 0 saturated carbocycles. The van der Waals surface area contributed by atoms with Gasteiger partial charge in [-0.25, -0.2) is 0 Å². The Morgan fingerprint density at radius 3 is 2.82 bits per heavy atom. The van der Waals surface area contributed by atoms with Gasteiger partial charge in [-0.2, -0.15) is 0 Å². The minimum Gasteiger partial charge on any atom is -0.493 e. The van der Waals surface area contributed by atoms with Crippen molar-refractivity contribution in [3.05, 3.63) is 28.3 Å². The maximum Gasteiger partial charge on any atom is 0.314 e. The van der Waals surface area contributed by atoms with Gasteiger partial charge >= 0.3 is 5.69 Å². The molecule has 0 aliphatic heterocycles. The second-order valence-corrected chi connectivity index (χ2v) is 3.21. The number of ether oxygens (including phenoxy) is 2. The molecule has 0 radical (unpaired) electrons. The number of nitrogens with one attached hydrogen (secondary N) is 1. The van der Waals surface area contributed by atoms with Gasteiger partial charge in [-0.05, 0) is 12.1 Å². The maximum absolute atomic E-state index is 10.7. The first-order valence-electron chi connectivity index (χ1n) is 4.82. The van der Waals surface area contributed by atoms with E-state index in [4.69, 9.17) is 20.6 Å². The Morgan fingerprint density at radius 2 is 2.29 bits per heavy atom. The number of benzene rings is 1. The number of nitro benzene ring substituents is 1. The predicted molar refractivity (Wildman–Crippen MR) is 61.7 cm³/mol. The molecule has 0 saturated heterocycles. The fourth-order valence-corrected chi connectivity index (χ4v) is 1.18. The van der Waals surface area contributed by atoms with Crippen LogP contribution in [0.2, 0.25) is 0 Å². The molecule has 7 nitrogen and oxygen atoms in total. The zero-order valence-corrected chi connectivity index (χ0v) is 9.30. The number of nitro groups is 1. The van der Waals surface area contributed by atoms with Crippen molar-refractivity contribution >= 4 is 11.5 Å². The van der Waals surface area contributed by atoms with Crippen molar-refractivity contribution in [1.29, 1.82) is 5.41 Å². The molecule has 0 aromatic heterocycles. The van der Waals surface area contributed by atoms with Gasteiger partial charge in [-0.15, -0.1) is 0 Å². The molecule has 7 heteroatoms. The summed E-state index contributed by atoms with van der Waals surface area (Å²) >= 11 is 0. The molecule has 0 aliphatic rings. The smallest absolute Gasteiger partial charge is 0.314 e. The number of nitrogens with two attached hydrogens (primary N) is 1. The van der Waals surface area contributed by atoms with E-state index in [1.165, 1.54) is 19.2 Å². The van der Waals surface area contributed by atoms with Crippen molar-refractivity contribution in [2.24, 2.45) is 5.73 Å². The van der Waals surface area contributed by atoms with E-state index in [2.05, 4.69) is 0 Å². The van der Waals surface area contributed by atoms with Crippen LogP contribution in [0.25, 0.3) is 0 Å². The van der Waals surface area contributed by atoms with Gasteiger partial charge in [0, 0.05) is 6.42 Å². The maximum atomic E-state index is 10.7. The second kappa shape index (κ2) is 5.69. The molecule has 0 atom stereocenters. The fraction of sp³-hybridized carbons (Fsp3) is 0.300. The number of hydrogen-bond donors (Lipinski definition) is 2. The highest BCUT2D eigenvalue weighted by atomic mass is 16.6. The van der Waals surface area contributed by atoms with E-state index in [0.29, 0.717) is 5.75 Å². The highest BCUT2D eigenvalue weighted by molar-refractivity contribution is 5.76. The van der Waals surface area contributed by atoms with Crippen LogP contribution in [-0.4, -0.2) is 24.5 Å². The summed E-state index contributed by atoms with van der Waals surface area (Å²) in [5.41, 5.74) is 5.00. The standard InChI is InChI=1S/C10H13N3O4/c1-16-9-3-2-7(6-8(9)13(14)15)17-5-4-10(11)12/h2-3,6H,4-5H2,1H3,(H3,11,12). The molecule has 1 rings (SSSR count). The van der Waals surface area contributed by atoms with Crippen LogP contribution in [0.1, 0.15) is 6.42 Å². The van der Waals surface area contributed by atoms with E-state index in [0.717, 1.165) is 0 Å². The predicted octanol–water partition coefficient (Wildman–Crippen LogP) is 1.31. The normalized spacial score (nSPS) is 9.71. The third kappa shape index (κ3) is 3.63. The Bertz CT molecular complexity index is 434. The van der Waals surface area contributed by atoms with Gasteiger partial charge in [0.25, 0.3) is 0 Å². The van der Waals surface area contributed by atoms with Crippen molar-refractivity contribution in [1.82, 2.24) is 0 Å². The number of rotatable bonds is 6. The lowest BCUT2D eigenvalue weighted by molar-refractivity contribution is -0.385. The largest absolute Gasteiger partial charge is 0.493 e. The molecule has 0 amide bonds. The van der Waals surface area contributed by atoms with Gasteiger partial charge in [-0.1, -0.05) is 0 Å². The second-order valence-electron chi connectivity index (χ2n) is 3.21. The zero-order chi connectivity index (χ0) is 12.8. The Hall–Kier alpha value is -2.31. The van der Waals surface area contributed by atoms with Gasteiger partial charge < -0.3 is 15.2 Å². The molecule has 3 N–H and O–H groups in total. The molecule has 0 spiro atoms. The summed E-state index contributed by atoms with van der Waals surface area (Å²) in [7, 11) is 1.36. The zero-order valence-electron chi connectivity index (χ0n) is 9.30. The highest BCUT2D eigenvalue weighted by Gasteiger charge is 2.15. The quantitative estimate of drug-likeness (QED) is 0.336. The summed E-state index contributed by atoms with van der Waals surface area (Å²) in [6, 6.07) is 4.30. The lowest BCUT2D eigenvalue weighted by atomic mass is 10.3. The van der Waals surface area contributed by atoms with Crippen LogP contribution in [-0.2, 0) is 0 Å². The van der Waals surface area contributed by atoms with Crippen molar-refractivity contribution in [2.75, 3.05) is 13.7 Å². The molecule has 1 aromatic rings. The average Bonchev–Trinajstić information content (AvgIpc) is 2.28. The molecular formula is C10H13N3O4. The van der Waals surface area contributed by atoms with Gasteiger partial charge in [0.1, 0.15) is 5.75 Å². The number of methoxy groups -OCH3 is 1. The van der Waals surface area contributed by atoms with Crippen LogP contribution < -0.4 is 15.2 Å². The van der Waals surface area contributed by atoms with Crippen LogP contribution in [0.4, 0.5) is 5.69 Å². The topological polar surface area (TPSA) is 111 Å². The minimum absolute atomic E-state index is 0.00742. The number of nitrogens with zero attached hydrogens (tertiary/aromatic N) is 1. The molecule has 0 bridgehead atoms. The van der Waals surface area contributed by atoms with Crippen molar-refractivity contribution < 1.29 is 14.4 Å². The van der Waals surface area contributed by atoms with E-state index in [9.17, 15) is 10.1 Å². The van der Waals surface area contributed by atoms with E-state index in [1.807, 2.05) is 0 Å². The van der Waals surface area contributed by atoms with E-state index in [1.54, 1.807) is 6.07 Å². The molecule has 1 aromatic carbocycles. The van der Waals surface area contributed by atoms with Crippen molar-refractivity contribution in [2.45, 2.75) is 6.42 Å². The SMILES string of the molecule is COc1ccc(OCCC(=N)N)cc1[N+](=O)[O-]. The fourth-order valence-electron chi connectivity index (χ4n) is 1.18. The van der Waals surface area contributed by atoms with E-state index >= 15 is 0 Å². The Kier molecular flexibility index (Phi) is 4.27. The van der Waals surface area contributed by atoms with E-state index in [-0.39, 0.29) is 30.3 Å². The molecule has 17 heavy (non-hydrogen) atoms. The van der Waals surface area contributed by atoms with Crippen molar-refractivity contribution in [3.8, 4) is 11.5 Å². The van der Waals surface area contributed by atoms with Gasteiger partial charge in [-0.3, -0.25) is 15.5 Å². The third-order valence-electron chi connectivity index (χ3n) is 1.99. The van der Waals surface area contributed by atoms with Gasteiger partial charge in [0.05, 0.1) is 30.5 Å². The molecular weight excluding hydrogens is 226 g/mol. The first kappa shape index (κ1) is 12.8. The van der Waals surface area contributed by atoms with Crippen LogP contribution >= 0.6 is 0 Å². The molecule has 0 fully saturated rings. The third-order valence-corrected chi connectivity index (χ3v) is 1.99. The lowest BCUT2D eigenvalue weighted by Gasteiger charge is -2.07. The van der Waals surface area contributed by atoms with Crippen molar-refractivity contribution in [3.63, 3.8) is 0 Å². The summed E-state index contributed by atoms with van der Waals surface area (Å²) in [5.74, 6) is 0.528. The Balaban J connectivity index is 2.78. The molecule has 0 unspecified atom stereocenters. The number of amidine groups is 1. The summed E-state index contributed by atoms with van der Waals surface area (Å²) < 4.78 is 10.1. The Morgan fingerprint density at radius 1 is 1.59 bits per heavy atom. The van der Waals surface area contributed by atoms with Crippen LogP contribution in [0.5, 0.6) is 11.5 Å². The molecule has 92 valence electrons. The summed E-state index contributed by atoms with van der Waals surface area (Å²) in [4.78, 5) is 10.2. The first-order valence-corrected chi connectivity index (χ1v) is 4.82. The highest BCUT2D eigenvalue weighted by Crippen LogP contribution is 2.30. The van der Waals surface area contributed by atoms with Gasteiger partial charge in [0.2, 0.25) is 0 Å². The van der Waals surface area contributed by atoms with Crippen LogP contribution in [0.3, 0.4) is 0 Å². The summed E-state index contributed by atoms with van der Waals surface area (Å²) in [6.07, 6.45) is 0.278. The van der Waals surface area contributed by atoms with Crippen LogP contribution in [0.15, 0.2) is 18.2 Å². The molecule has 0 heterocycles. The lowest BCUT2D eigenvalue weighted by Crippen LogP contribution is -2.13. The first-order chi connectivity index (χ1) is 8.04. The summed E-state index contributed by atoms with van der Waals surface area (Å²) in [6.45, 7) is 0.207. The molecule has 0 aliphatic carbocycles.